The van der Waals surface area contributed by atoms with E-state index in [1.807, 2.05) is 11.8 Å². The number of rotatable bonds is 8. The molecule has 8 heteroatoms. The molecule has 0 aliphatic carbocycles. The van der Waals surface area contributed by atoms with E-state index in [0.717, 1.165) is 25.0 Å². The number of pyridine rings is 1. The molecular formula is C22H24F6N2. The Labute approximate surface area is 172 Å². The lowest BCUT2D eigenvalue weighted by Gasteiger charge is -2.26. The standard InChI is InChI=1S/C22H24F6N2/c1-4-6-11-30(12-7-5-2)14-15(3)17-13-19(22(26,27)28)29-20-16(17)9-8-10-18(20)21(23,24)25/h1,8-10,13,15H,5-7,11-12,14H2,2-3H3. The zero-order valence-corrected chi connectivity index (χ0v) is 16.9. The highest BCUT2D eigenvalue weighted by Crippen LogP contribution is 2.39. The average Bonchev–Trinajstić information content (AvgIpc) is 2.67. The lowest BCUT2D eigenvalue weighted by molar-refractivity contribution is -0.142. The third kappa shape index (κ3) is 5.88. The molecule has 1 heterocycles. The van der Waals surface area contributed by atoms with Crippen LogP contribution in [0.2, 0.25) is 0 Å². The largest absolute Gasteiger partial charge is 0.433 e. The summed E-state index contributed by atoms with van der Waals surface area (Å²) in [7, 11) is 0. The molecule has 1 aromatic heterocycles. The Morgan fingerprint density at radius 2 is 1.80 bits per heavy atom. The third-order valence-corrected chi connectivity index (χ3v) is 4.93. The van der Waals surface area contributed by atoms with E-state index in [-0.39, 0.29) is 10.9 Å². The lowest BCUT2D eigenvalue weighted by Crippen LogP contribution is -2.30. The summed E-state index contributed by atoms with van der Waals surface area (Å²) >= 11 is 0. The topological polar surface area (TPSA) is 16.1 Å². The minimum absolute atomic E-state index is 0.0812. The third-order valence-electron chi connectivity index (χ3n) is 4.93. The van der Waals surface area contributed by atoms with Gasteiger partial charge in [0.1, 0.15) is 5.69 Å². The maximum Gasteiger partial charge on any atom is 0.433 e. The number of para-hydroxylation sites is 1. The van der Waals surface area contributed by atoms with Crippen molar-refractivity contribution in [3.63, 3.8) is 0 Å². The summed E-state index contributed by atoms with van der Waals surface area (Å²) in [6.07, 6.45) is -2.02. The molecule has 0 aliphatic rings. The Balaban J connectivity index is 2.56. The number of nitrogens with zero attached hydrogens (tertiary/aromatic N) is 2. The van der Waals surface area contributed by atoms with Gasteiger partial charge in [-0.15, -0.1) is 12.3 Å². The Morgan fingerprint density at radius 3 is 2.37 bits per heavy atom. The van der Waals surface area contributed by atoms with Gasteiger partial charge in [-0.25, -0.2) is 4.98 Å². The highest BCUT2D eigenvalue weighted by molar-refractivity contribution is 5.86. The lowest BCUT2D eigenvalue weighted by atomic mass is 9.93. The average molecular weight is 430 g/mol. The minimum Gasteiger partial charge on any atom is -0.302 e. The highest BCUT2D eigenvalue weighted by atomic mass is 19.4. The summed E-state index contributed by atoms with van der Waals surface area (Å²) in [6.45, 7) is 5.40. The number of halogens is 6. The highest BCUT2D eigenvalue weighted by Gasteiger charge is 2.37. The van der Waals surface area contributed by atoms with Crippen molar-refractivity contribution in [1.29, 1.82) is 0 Å². The fourth-order valence-electron chi connectivity index (χ4n) is 3.44. The number of terminal acetylenes is 1. The maximum atomic E-state index is 13.4. The fourth-order valence-corrected chi connectivity index (χ4v) is 3.44. The molecule has 0 spiro atoms. The molecule has 2 nitrogen and oxygen atoms in total. The van der Waals surface area contributed by atoms with Crippen LogP contribution in [0.4, 0.5) is 26.3 Å². The first-order chi connectivity index (χ1) is 14.0. The predicted octanol–water partition coefficient (Wildman–Crippen LogP) is 6.50. The summed E-state index contributed by atoms with van der Waals surface area (Å²) in [5.41, 5.74) is -2.97. The predicted molar refractivity (Wildman–Crippen MR) is 105 cm³/mol. The van der Waals surface area contributed by atoms with E-state index in [1.165, 1.54) is 12.1 Å². The van der Waals surface area contributed by atoms with E-state index in [4.69, 9.17) is 6.42 Å². The number of aromatic nitrogens is 1. The molecule has 0 aliphatic heterocycles. The van der Waals surface area contributed by atoms with Gasteiger partial charge < -0.3 is 4.90 Å². The molecule has 0 saturated carbocycles. The second-order valence-electron chi connectivity index (χ2n) is 7.30. The summed E-state index contributed by atoms with van der Waals surface area (Å²) < 4.78 is 80.5. The van der Waals surface area contributed by atoms with Crippen LogP contribution in [0.15, 0.2) is 24.3 Å². The van der Waals surface area contributed by atoms with Gasteiger partial charge in [-0.1, -0.05) is 32.4 Å². The van der Waals surface area contributed by atoms with Gasteiger partial charge >= 0.3 is 12.4 Å². The van der Waals surface area contributed by atoms with Crippen LogP contribution in [0.25, 0.3) is 10.9 Å². The number of hydrogen-bond donors (Lipinski definition) is 0. The molecule has 164 valence electrons. The first kappa shape index (κ1) is 24.0. The number of hydrogen-bond acceptors (Lipinski definition) is 2. The smallest absolute Gasteiger partial charge is 0.302 e. The normalized spacial score (nSPS) is 13.6. The Morgan fingerprint density at radius 1 is 1.10 bits per heavy atom. The van der Waals surface area contributed by atoms with E-state index in [0.29, 0.717) is 26.1 Å². The van der Waals surface area contributed by atoms with Gasteiger partial charge in [-0.05, 0) is 36.6 Å². The van der Waals surface area contributed by atoms with Crippen molar-refractivity contribution in [2.45, 2.75) is 51.4 Å². The molecule has 0 amide bonds. The van der Waals surface area contributed by atoms with Crippen LogP contribution in [-0.4, -0.2) is 29.5 Å². The molecule has 2 rings (SSSR count). The summed E-state index contributed by atoms with van der Waals surface area (Å²) in [5.74, 6) is 2.10. The first-order valence-corrected chi connectivity index (χ1v) is 9.72. The molecule has 1 atom stereocenters. The second-order valence-corrected chi connectivity index (χ2v) is 7.30. The number of unbranched alkanes of at least 4 members (excludes halogenated alkanes) is 1. The van der Waals surface area contributed by atoms with Crippen molar-refractivity contribution < 1.29 is 26.3 Å². The van der Waals surface area contributed by atoms with Crippen LogP contribution in [0.1, 0.15) is 55.8 Å². The van der Waals surface area contributed by atoms with Gasteiger partial charge in [0, 0.05) is 24.9 Å². The zero-order valence-electron chi connectivity index (χ0n) is 16.9. The molecule has 0 bridgehead atoms. The summed E-state index contributed by atoms with van der Waals surface area (Å²) in [5, 5.41) is 0.0812. The first-order valence-electron chi connectivity index (χ1n) is 9.72. The fraction of sp³-hybridized carbons (Fsp3) is 0.500. The van der Waals surface area contributed by atoms with Gasteiger partial charge in [0.2, 0.25) is 0 Å². The van der Waals surface area contributed by atoms with Crippen LogP contribution in [0.3, 0.4) is 0 Å². The van der Waals surface area contributed by atoms with Crippen LogP contribution in [0.5, 0.6) is 0 Å². The van der Waals surface area contributed by atoms with Gasteiger partial charge in [0.25, 0.3) is 0 Å². The Kier molecular flexibility index (Phi) is 7.75. The van der Waals surface area contributed by atoms with Gasteiger partial charge in [0.05, 0.1) is 11.1 Å². The van der Waals surface area contributed by atoms with Gasteiger partial charge in [-0.2, -0.15) is 26.3 Å². The quantitative estimate of drug-likeness (QED) is 0.351. The number of fused-ring (bicyclic) bond motifs is 1. The van der Waals surface area contributed by atoms with Crippen LogP contribution < -0.4 is 0 Å². The Hall–Kier alpha value is -2.27. The summed E-state index contributed by atoms with van der Waals surface area (Å²) in [4.78, 5) is 5.39. The molecular weight excluding hydrogens is 406 g/mol. The molecule has 0 saturated heterocycles. The molecule has 0 radical (unpaired) electrons. The SMILES string of the molecule is C#CCCN(CCCC)CC(C)c1cc(C(F)(F)F)nc2c(C(F)(F)F)cccc12. The van der Waals surface area contributed by atoms with Gasteiger partial charge in [-0.3, -0.25) is 0 Å². The second kappa shape index (κ2) is 9.69. The van der Waals surface area contributed by atoms with Crippen LogP contribution in [0, 0.1) is 12.3 Å². The molecule has 0 fully saturated rings. The van der Waals surface area contributed by atoms with E-state index >= 15 is 0 Å². The van der Waals surface area contributed by atoms with Crippen LogP contribution >= 0.6 is 0 Å². The molecule has 0 N–H and O–H groups in total. The van der Waals surface area contributed by atoms with E-state index in [9.17, 15) is 26.3 Å². The van der Waals surface area contributed by atoms with Crippen molar-refractivity contribution >= 4 is 10.9 Å². The van der Waals surface area contributed by atoms with Crippen molar-refractivity contribution in [2.75, 3.05) is 19.6 Å². The van der Waals surface area contributed by atoms with E-state index in [2.05, 4.69) is 10.9 Å². The molecule has 30 heavy (non-hydrogen) atoms. The number of benzene rings is 1. The van der Waals surface area contributed by atoms with Crippen LogP contribution in [-0.2, 0) is 12.4 Å². The molecule has 1 aromatic carbocycles. The molecule has 1 unspecified atom stereocenters. The van der Waals surface area contributed by atoms with Crippen molar-refractivity contribution in [1.82, 2.24) is 9.88 Å². The molecule has 2 aromatic rings. The van der Waals surface area contributed by atoms with Gasteiger partial charge in [0.15, 0.2) is 0 Å². The zero-order chi connectivity index (χ0) is 22.5. The van der Waals surface area contributed by atoms with Crippen molar-refractivity contribution in [3.05, 3.63) is 41.1 Å². The Bertz CT molecular complexity index is 895. The monoisotopic (exact) mass is 430 g/mol. The van der Waals surface area contributed by atoms with E-state index in [1.54, 1.807) is 6.92 Å². The summed E-state index contributed by atoms with van der Waals surface area (Å²) in [6, 6.07) is 4.21. The minimum atomic E-state index is -4.85. The maximum absolute atomic E-state index is 13.4. The van der Waals surface area contributed by atoms with Crippen molar-refractivity contribution in [2.24, 2.45) is 0 Å². The van der Waals surface area contributed by atoms with E-state index < -0.39 is 35.0 Å². The van der Waals surface area contributed by atoms with Crippen molar-refractivity contribution in [3.8, 4) is 12.3 Å². The number of alkyl halides is 6.